The molecule has 1 aliphatic rings. The summed E-state index contributed by atoms with van der Waals surface area (Å²) in [6.45, 7) is 7.82. The third kappa shape index (κ3) is 3.20. The Morgan fingerprint density at radius 3 is 2.06 bits per heavy atom. The maximum Gasteiger partial charge on any atom is 0.439 e. The summed E-state index contributed by atoms with van der Waals surface area (Å²) < 4.78 is 24.2. The van der Waals surface area contributed by atoms with Crippen LogP contribution in [0.15, 0.2) is 0 Å². The molecular weight excluding hydrogens is 231 g/mol. The van der Waals surface area contributed by atoms with Crippen LogP contribution >= 0.6 is 7.75 Å². The molecule has 0 aromatic heterocycles. The molecule has 7 heteroatoms. The Morgan fingerprint density at radius 2 is 1.75 bits per heavy atom. The minimum atomic E-state index is -3.51. The van der Waals surface area contributed by atoms with Gasteiger partial charge < -0.3 is 5.32 Å². The molecule has 0 atom stereocenters. The third-order valence-electron chi connectivity index (χ3n) is 1.82. The van der Waals surface area contributed by atoms with Gasteiger partial charge in [0.25, 0.3) is 0 Å². The molecule has 1 heterocycles. The molecule has 0 bridgehead atoms. The zero-order valence-electron chi connectivity index (χ0n) is 10.1. The lowest BCUT2D eigenvalue weighted by atomic mass is 10.5. The number of carbonyl (C=O) groups excluding carboxylic acids is 1. The van der Waals surface area contributed by atoms with Crippen LogP contribution in [0.2, 0.25) is 0 Å². The van der Waals surface area contributed by atoms with Gasteiger partial charge in [0.15, 0.2) is 0 Å². The summed E-state index contributed by atoms with van der Waals surface area (Å²) in [5.74, 6) is 0. The minimum Gasteiger partial charge on any atom is -0.336 e. The number of amides is 2. The molecule has 0 spiro atoms. The average molecular weight is 250 g/mol. The molecule has 1 rings (SSSR count). The van der Waals surface area contributed by atoms with Crippen LogP contribution in [0.5, 0.6) is 0 Å². The summed E-state index contributed by atoms with van der Waals surface area (Å²) in [5.41, 5.74) is 0. The highest BCUT2D eigenvalue weighted by Gasteiger charge is 2.41. The van der Waals surface area contributed by atoms with Gasteiger partial charge in [-0.25, -0.2) is 14.0 Å². The number of rotatable bonds is 5. The monoisotopic (exact) mass is 250 g/mol. The van der Waals surface area contributed by atoms with Gasteiger partial charge in [0, 0.05) is 6.54 Å². The molecule has 0 saturated carbocycles. The second-order valence-corrected chi connectivity index (χ2v) is 5.97. The molecule has 94 valence electrons. The summed E-state index contributed by atoms with van der Waals surface area (Å²) in [6.07, 6.45) is -0.532. The van der Waals surface area contributed by atoms with Crippen LogP contribution in [0.3, 0.4) is 0 Å². The fraction of sp³-hybridized carbons (Fsp3) is 0.889. The van der Waals surface area contributed by atoms with E-state index in [2.05, 4.69) is 5.32 Å². The highest BCUT2D eigenvalue weighted by atomic mass is 31.2. The predicted octanol–water partition coefficient (Wildman–Crippen LogP) is 1.97. The van der Waals surface area contributed by atoms with E-state index < -0.39 is 13.8 Å². The summed E-state index contributed by atoms with van der Waals surface area (Å²) in [6, 6.07) is -0.398. The van der Waals surface area contributed by atoms with E-state index >= 15 is 0 Å². The highest BCUT2D eigenvalue weighted by Crippen LogP contribution is 2.54. The first-order valence-electron chi connectivity index (χ1n) is 5.38. The van der Waals surface area contributed by atoms with Gasteiger partial charge in [0.05, 0.1) is 18.8 Å². The predicted molar refractivity (Wildman–Crippen MR) is 60.2 cm³/mol. The van der Waals surface area contributed by atoms with Gasteiger partial charge in [-0.3, -0.25) is 9.05 Å². The van der Waals surface area contributed by atoms with Crippen molar-refractivity contribution in [2.75, 3.05) is 13.1 Å². The third-order valence-corrected chi connectivity index (χ3v) is 4.17. The largest absolute Gasteiger partial charge is 0.439 e. The fourth-order valence-corrected chi connectivity index (χ4v) is 3.35. The van der Waals surface area contributed by atoms with E-state index in [9.17, 15) is 9.36 Å². The summed E-state index contributed by atoms with van der Waals surface area (Å²) in [5, 5.41) is 2.58. The van der Waals surface area contributed by atoms with Crippen molar-refractivity contribution in [1.82, 2.24) is 9.99 Å². The van der Waals surface area contributed by atoms with Crippen LogP contribution in [0.25, 0.3) is 0 Å². The molecule has 0 radical (unpaired) electrons. The van der Waals surface area contributed by atoms with Crippen molar-refractivity contribution in [2.24, 2.45) is 0 Å². The van der Waals surface area contributed by atoms with Crippen LogP contribution in [-0.2, 0) is 13.6 Å². The summed E-state index contributed by atoms with van der Waals surface area (Å²) in [4.78, 5) is 11.5. The van der Waals surface area contributed by atoms with Gasteiger partial charge in [0.2, 0.25) is 0 Å². The van der Waals surface area contributed by atoms with Crippen molar-refractivity contribution in [3.8, 4) is 0 Å². The van der Waals surface area contributed by atoms with E-state index in [1.54, 1.807) is 27.7 Å². The molecule has 6 nitrogen and oxygen atoms in total. The van der Waals surface area contributed by atoms with Crippen molar-refractivity contribution < 1.29 is 18.4 Å². The lowest BCUT2D eigenvalue weighted by Gasteiger charge is -2.28. The number of hydrogen-bond donors (Lipinski definition) is 1. The Kier molecular flexibility index (Phi) is 4.35. The summed E-state index contributed by atoms with van der Waals surface area (Å²) in [7, 11) is -3.51. The van der Waals surface area contributed by atoms with Crippen molar-refractivity contribution in [1.29, 1.82) is 0 Å². The van der Waals surface area contributed by atoms with Crippen molar-refractivity contribution in [3.05, 3.63) is 0 Å². The van der Waals surface area contributed by atoms with Gasteiger partial charge >= 0.3 is 13.8 Å². The molecule has 1 fully saturated rings. The Bertz CT molecular complexity index is 292. The minimum absolute atomic E-state index is 0.266. The quantitative estimate of drug-likeness (QED) is 0.757. The molecule has 0 aliphatic carbocycles. The fourth-order valence-electron chi connectivity index (χ4n) is 1.37. The number of nitrogens with one attached hydrogen (secondary N) is 1. The van der Waals surface area contributed by atoms with Crippen LogP contribution in [0.1, 0.15) is 27.7 Å². The van der Waals surface area contributed by atoms with E-state index in [1.165, 1.54) is 0 Å². The van der Waals surface area contributed by atoms with E-state index in [-0.39, 0.29) is 12.2 Å². The van der Waals surface area contributed by atoms with Crippen LogP contribution in [-0.4, -0.2) is 36.0 Å². The number of nitrogens with zero attached hydrogens (tertiary/aromatic N) is 1. The molecule has 0 unspecified atom stereocenters. The van der Waals surface area contributed by atoms with Gasteiger partial charge in [-0.15, -0.1) is 0 Å². The van der Waals surface area contributed by atoms with Gasteiger partial charge in [0.1, 0.15) is 0 Å². The van der Waals surface area contributed by atoms with Crippen LogP contribution in [0, 0.1) is 0 Å². The maximum absolute atomic E-state index is 12.5. The maximum atomic E-state index is 12.5. The van der Waals surface area contributed by atoms with Crippen LogP contribution < -0.4 is 5.32 Å². The van der Waals surface area contributed by atoms with Crippen molar-refractivity contribution in [3.63, 3.8) is 0 Å². The molecule has 16 heavy (non-hydrogen) atoms. The highest BCUT2D eigenvalue weighted by molar-refractivity contribution is 7.52. The standard InChI is InChI=1S/C9H19N2O4P/c1-7(2)14-16(13,15-8(3)4)11-6-5-10-9(11)12/h7-8H,5-6H2,1-4H3,(H,10,12). The molecule has 2 amide bonds. The van der Waals surface area contributed by atoms with E-state index in [1.807, 2.05) is 0 Å². The zero-order chi connectivity index (χ0) is 12.3. The SMILES string of the molecule is CC(C)OP(=O)(OC(C)C)N1CCNC1=O. The molecule has 1 N–H and O–H groups in total. The summed E-state index contributed by atoms with van der Waals surface area (Å²) >= 11 is 0. The smallest absolute Gasteiger partial charge is 0.336 e. The Morgan fingerprint density at radius 1 is 1.25 bits per heavy atom. The molecule has 0 aromatic rings. The zero-order valence-corrected chi connectivity index (χ0v) is 11.0. The number of carbonyl (C=O) groups is 1. The second-order valence-electron chi connectivity index (χ2n) is 4.13. The normalized spacial score (nSPS) is 17.4. The van der Waals surface area contributed by atoms with Crippen molar-refractivity contribution >= 4 is 13.8 Å². The number of urea groups is 1. The Balaban J connectivity index is 2.85. The first-order chi connectivity index (χ1) is 7.35. The lowest BCUT2D eigenvalue weighted by molar-refractivity contribution is 0.115. The van der Waals surface area contributed by atoms with E-state index in [4.69, 9.17) is 9.05 Å². The average Bonchev–Trinajstić information content (AvgIpc) is 2.48. The molecule has 1 saturated heterocycles. The van der Waals surface area contributed by atoms with E-state index in [0.717, 1.165) is 4.67 Å². The van der Waals surface area contributed by atoms with Gasteiger partial charge in [-0.2, -0.15) is 0 Å². The Hall–Kier alpha value is -0.580. The lowest BCUT2D eigenvalue weighted by Crippen LogP contribution is -2.29. The van der Waals surface area contributed by atoms with Gasteiger partial charge in [-0.1, -0.05) is 0 Å². The van der Waals surface area contributed by atoms with Crippen molar-refractivity contribution in [2.45, 2.75) is 39.9 Å². The first-order valence-corrected chi connectivity index (χ1v) is 6.87. The first kappa shape index (κ1) is 13.5. The number of hydrogen-bond acceptors (Lipinski definition) is 4. The molecule has 0 aromatic carbocycles. The topological polar surface area (TPSA) is 67.9 Å². The Labute approximate surface area is 95.9 Å². The second kappa shape index (κ2) is 5.17. The van der Waals surface area contributed by atoms with Gasteiger partial charge in [-0.05, 0) is 27.7 Å². The van der Waals surface area contributed by atoms with Crippen LogP contribution in [0.4, 0.5) is 4.79 Å². The molecule has 1 aliphatic heterocycles. The molecular formula is C9H19N2O4P. The van der Waals surface area contributed by atoms with E-state index in [0.29, 0.717) is 13.1 Å².